The van der Waals surface area contributed by atoms with Gasteiger partial charge in [-0.15, -0.1) is 17.2 Å². The minimum atomic E-state index is -0.0704. The zero-order chi connectivity index (χ0) is 46.1. The first-order chi connectivity index (χ1) is 30.6. The summed E-state index contributed by atoms with van der Waals surface area (Å²) in [5.74, 6) is 0. The molecule has 314 valence electrons. The molecule has 0 saturated heterocycles. The van der Waals surface area contributed by atoms with Crippen LogP contribution in [-0.2, 0) is 0 Å². The molecule has 7 nitrogen and oxygen atoms in total. The summed E-state index contributed by atoms with van der Waals surface area (Å²) in [4.78, 5) is 2.20. The van der Waals surface area contributed by atoms with Crippen LogP contribution in [0.2, 0.25) is 0 Å². The van der Waals surface area contributed by atoms with Gasteiger partial charge in [-0.1, -0.05) is 77.9 Å². The molecule has 0 aromatic heterocycles. The molecule has 3 aromatic carbocycles. The third-order valence-corrected chi connectivity index (χ3v) is 11.9. The highest BCUT2D eigenvalue weighted by Gasteiger charge is 2.31. The summed E-state index contributed by atoms with van der Waals surface area (Å²) in [6.45, 7) is 13.0. The van der Waals surface area contributed by atoms with Gasteiger partial charge >= 0.3 is 0 Å². The molecule has 0 N–H and O–H groups in total. The molecule has 6 rings (SSSR count). The van der Waals surface area contributed by atoms with Crippen LogP contribution in [0.3, 0.4) is 0 Å². The number of benzene rings is 3. The van der Waals surface area contributed by atoms with Gasteiger partial charge in [0.1, 0.15) is 53.1 Å². The maximum Gasteiger partial charge on any atom is 0.129 e. The monoisotopic (exact) mass is 833 g/mol. The normalized spacial score (nSPS) is 16.9. The Bertz CT molecular complexity index is 2540. The predicted molar refractivity (Wildman–Crippen MR) is 253 cm³/mol. The van der Waals surface area contributed by atoms with E-state index >= 15 is 0 Å². The molecule has 3 aliphatic rings. The summed E-state index contributed by atoms with van der Waals surface area (Å²) in [6.07, 6.45) is 12.3. The van der Waals surface area contributed by atoms with Crippen LogP contribution in [0.5, 0.6) is 0 Å². The molecule has 0 unspecified atom stereocenters. The average Bonchev–Trinajstić information content (AvgIpc) is 3.25. The second-order valence-electron chi connectivity index (χ2n) is 19.5. The summed E-state index contributed by atoms with van der Waals surface area (Å²) in [6, 6.07) is 37.4. The molecule has 3 aromatic rings. The largest absolute Gasteiger partial charge is 0.311 e. The van der Waals surface area contributed by atoms with Gasteiger partial charge in [-0.2, -0.15) is 31.6 Å². The lowest BCUT2D eigenvalue weighted by atomic mass is 9.72. The fourth-order valence-electron chi connectivity index (χ4n) is 9.35. The van der Waals surface area contributed by atoms with E-state index in [9.17, 15) is 31.6 Å². The van der Waals surface area contributed by atoms with Gasteiger partial charge in [0.05, 0.1) is 0 Å². The zero-order valence-corrected chi connectivity index (χ0v) is 37.7. The van der Waals surface area contributed by atoms with Crippen molar-refractivity contribution in [2.75, 3.05) is 4.90 Å². The highest BCUT2D eigenvalue weighted by molar-refractivity contribution is 5.78. The lowest BCUT2D eigenvalue weighted by Crippen LogP contribution is -2.19. The van der Waals surface area contributed by atoms with Gasteiger partial charge in [-0.05, 0) is 179 Å². The maximum absolute atomic E-state index is 9.54. The van der Waals surface area contributed by atoms with Gasteiger partial charge in [-0.25, -0.2) is 0 Å². The van der Waals surface area contributed by atoms with Crippen LogP contribution in [0, 0.1) is 84.2 Å². The van der Waals surface area contributed by atoms with Crippen molar-refractivity contribution in [2.45, 2.75) is 99.3 Å². The molecule has 3 fully saturated rings. The Labute approximate surface area is 379 Å². The SMILES string of the molecule is CC1(C)CC(=C=Cc2ccc(N(c3ccc(C=C=C4CC(=C(C#N)C#N)CC(C)(C)C4)cc3)c3ccc(C=C=C4CC(=C(C#N)C#N)CC(C)(C)C4)cc3)cc2)CC(=C(C#N)C#N)C1. The summed E-state index contributed by atoms with van der Waals surface area (Å²) in [5.41, 5.74) is 22.6. The molecule has 0 aliphatic heterocycles. The third-order valence-electron chi connectivity index (χ3n) is 11.9. The van der Waals surface area contributed by atoms with Gasteiger partial charge in [-0.3, -0.25) is 0 Å². The molecule has 7 heteroatoms. The molecule has 3 saturated carbocycles. The third kappa shape index (κ3) is 11.5. The molecule has 0 amide bonds. The Morgan fingerprint density at radius 2 is 0.625 bits per heavy atom. The number of allylic oxidation sites excluding steroid dienone is 9. The van der Waals surface area contributed by atoms with E-state index in [1.165, 1.54) is 0 Å². The van der Waals surface area contributed by atoms with Crippen molar-refractivity contribution in [3.8, 4) is 36.4 Å². The second kappa shape index (κ2) is 19.5. The lowest BCUT2D eigenvalue weighted by molar-refractivity contribution is 0.332. The van der Waals surface area contributed by atoms with Crippen LogP contribution in [0.25, 0.3) is 18.2 Å². The molecule has 0 atom stereocenters. The summed E-state index contributed by atoms with van der Waals surface area (Å²) in [5, 5.41) is 57.2. The van der Waals surface area contributed by atoms with E-state index in [2.05, 4.69) is 173 Å². The molecule has 0 heterocycles. The Morgan fingerprint density at radius 3 is 0.844 bits per heavy atom. The first-order valence-electron chi connectivity index (χ1n) is 21.6. The van der Waals surface area contributed by atoms with Crippen molar-refractivity contribution in [1.29, 1.82) is 31.6 Å². The molecule has 0 bridgehead atoms. The van der Waals surface area contributed by atoms with Crippen LogP contribution in [0.15, 0.2) is 140 Å². The Morgan fingerprint density at radius 1 is 0.391 bits per heavy atom. The average molecular weight is 834 g/mol. The number of rotatable bonds is 6. The maximum atomic E-state index is 9.54. The van der Waals surface area contributed by atoms with Gasteiger partial charge in [0, 0.05) is 17.1 Å². The number of nitrogens with zero attached hydrogens (tertiary/aromatic N) is 7. The van der Waals surface area contributed by atoms with Crippen LogP contribution >= 0.6 is 0 Å². The quantitative estimate of drug-likeness (QED) is 0.177. The van der Waals surface area contributed by atoms with Crippen LogP contribution in [0.1, 0.15) is 116 Å². The van der Waals surface area contributed by atoms with Crippen LogP contribution in [0.4, 0.5) is 17.1 Å². The van der Waals surface area contributed by atoms with E-state index in [1.807, 2.05) is 18.2 Å². The standard InChI is InChI=1S/C57H51N7/c1-55(2)28-43(25-46(31-55)49(34-58)35-59)10-7-40-13-19-52(20-14-40)64(53-21-15-41(16-22-53)8-11-44-26-47(50(36-60)37-61)32-56(3,4)29-44)54-23-17-42(18-24-54)9-12-45-27-48(51(38-62)39-63)33-57(5,6)30-45/h7-9,13-24H,25-33H2,1-6H3. The zero-order valence-electron chi connectivity index (χ0n) is 37.7. The summed E-state index contributed by atoms with van der Waals surface area (Å²) >= 11 is 0. The second-order valence-corrected chi connectivity index (χ2v) is 19.5. The smallest absolute Gasteiger partial charge is 0.129 e. The van der Waals surface area contributed by atoms with Crippen LogP contribution < -0.4 is 4.90 Å². The Hall–Kier alpha value is -7.82. The first kappa shape index (κ1) is 45.7. The number of nitriles is 6. The van der Waals surface area contributed by atoms with Gasteiger partial charge in [0.25, 0.3) is 0 Å². The fraction of sp³-hybridized carbons (Fsp3) is 0.316. The van der Waals surface area contributed by atoms with E-state index in [0.717, 1.165) is 106 Å². The van der Waals surface area contributed by atoms with E-state index < -0.39 is 0 Å². The topological polar surface area (TPSA) is 146 Å². The summed E-state index contributed by atoms with van der Waals surface area (Å²) in [7, 11) is 0. The van der Waals surface area contributed by atoms with Crippen molar-refractivity contribution < 1.29 is 0 Å². The minimum Gasteiger partial charge on any atom is -0.311 e. The molecule has 0 spiro atoms. The molecular weight excluding hydrogens is 783 g/mol. The van der Waals surface area contributed by atoms with Crippen molar-refractivity contribution >= 4 is 35.3 Å². The minimum absolute atomic E-state index is 0.0704. The Balaban J connectivity index is 1.34. The van der Waals surface area contributed by atoms with E-state index in [4.69, 9.17) is 0 Å². The van der Waals surface area contributed by atoms with Crippen molar-refractivity contribution in [2.24, 2.45) is 16.2 Å². The van der Waals surface area contributed by atoms with E-state index in [0.29, 0.717) is 19.3 Å². The van der Waals surface area contributed by atoms with Gasteiger partial charge in [0.2, 0.25) is 0 Å². The predicted octanol–water partition coefficient (Wildman–Crippen LogP) is 14.4. The van der Waals surface area contributed by atoms with Crippen molar-refractivity contribution in [3.05, 3.63) is 157 Å². The molecular formula is C57H51N7. The number of hydrogen-bond acceptors (Lipinski definition) is 7. The molecule has 3 aliphatic carbocycles. The summed E-state index contributed by atoms with van der Waals surface area (Å²) < 4.78 is 0. The highest BCUT2D eigenvalue weighted by Crippen LogP contribution is 2.44. The molecule has 0 radical (unpaired) electrons. The number of hydrogen-bond donors (Lipinski definition) is 0. The number of anilines is 3. The van der Waals surface area contributed by atoms with E-state index in [1.54, 1.807) is 0 Å². The Kier molecular flexibility index (Phi) is 13.9. The van der Waals surface area contributed by atoms with Gasteiger partial charge in [0.15, 0.2) is 0 Å². The van der Waals surface area contributed by atoms with Crippen molar-refractivity contribution in [3.63, 3.8) is 0 Å². The first-order valence-corrected chi connectivity index (χ1v) is 21.6. The van der Waals surface area contributed by atoms with E-state index in [-0.39, 0.29) is 33.0 Å². The van der Waals surface area contributed by atoms with Crippen molar-refractivity contribution in [1.82, 2.24) is 0 Å². The van der Waals surface area contributed by atoms with Gasteiger partial charge < -0.3 is 4.90 Å². The fourth-order valence-corrected chi connectivity index (χ4v) is 9.35. The lowest BCUT2D eigenvalue weighted by Gasteiger charge is -2.32. The highest BCUT2D eigenvalue weighted by atomic mass is 15.1. The molecule has 64 heavy (non-hydrogen) atoms. The van der Waals surface area contributed by atoms with Crippen LogP contribution in [-0.4, -0.2) is 0 Å².